The third-order valence-electron chi connectivity index (χ3n) is 5.21. The number of benzene rings is 1. The number of carboxylic acids is 1. The lowest BCUT2D eigenvalue weighted by Gasteiger charge is -2.38. The zero-order chi connectivity index (χ0) is 17.8. The lowest BCUT2D eigenvalue weighted by Crippen LogP contribution is -2.53. The second-order valence-corrected chi connectivity index (χ2v) is 6.94. The minimum Gasteiger partial charge on any atom is -0.481 e. The van der Waals surface area contributed by atoms with Crippen LogP contribution in [0, 0.1) is 5.92 Å². The van der Waals surface area contributed by atoms with Crippen molar-refractivity contribution in [2.75, 3.05) is 26.2 Å². The molecule has 0 aromatic heterocycles. The van der Waals surface area contributed by atoms with Crippen LogP contribution >= 0.6 is 0 Å². The van der Waals surface area contributed by atoms with Crippen LogP contribution in [0.3, 0.4) is 0 Å². The molecule has 1 aromatic carbocycles. The molecule has 0 bridgehead atoms. The molecule has 1 aromatic rings. The average molecular weight is 346 g/mol. The van der Waals surface area contributed by atoms with E-state index >= 15 is 0 Å². The first kappa shape index (κ1) is 17.9. The molecule has 2 saturated heterocycles. The summed E-state index contributed by atoms with van der Waals surface area (Å²) >= 11 is 0. The van der Waals surface area contributed by atoms with E-state index in [2.05, 4.69) is 17.0 Å². The molecule has 0 aliphatic carbocycles. The topological polar surface area (TPSA) is 70.1 Å². The summed E-state index contributed by atoms with van der Waals surface area (Å²) in [6, 6.07) is 10.3. The fourth-order valence-electron chi connectivity index (χ4n) is 3.67. The molecule has 1 amide bonds. The molecule has 2 aliphatic rings. The normalized spacial score (nSPS) is 27.9. The van der Waals surface area contributed by atoms with Gasteiger partial charge in [-0.25, -0.2) is 0 Å². The van der Waals surface area contributed by atoms with Crippen molar-refractivity contribution in [3.8, 4) is 0 Å². The van der Waals surface area contributed by atoms with Gasteiger partial charge < -0.3 is 14.7 Å². The van der Waals surface area contributed by atoms with E-state index in [0.29, 0.717) is 25.9 Å². The molecule has 2 fully saturated rings. The first-order chi connectivity index (χ1) is 12.0. The lowest BCUT2D eigenvalue weighted by molar-refractivity contribution is -0.167. The summed E-state index contributed by atoms with van der Waals surface area (Å²) in [7, 11) is 0. The maximum absolute atomic E-state index is 12.7. The van der Waals surface area contributed by atoms with Crippen molar-refractivity contribution >= 4 is 11.9 Å². The molecule has 1 N–H and O–H groups in total. The number of nitrogens with zero attached hydrogens (tertiary/aromatic N) is 2. The summed E-state index contributed by atoms with van der Waals surface area (Å²) in [4.78, 5) is 28.0. The SMILES string of the molecule is CC1OC(C(=O)N2CCN(Cc3ccccc3)CC2)CCC1C(=O)O. The van der Waals surface area contributed by atoms with Crippen LogP contribution in [0.5, 0.6) is 0 Å². The summed E-state index contributed by atoms with van der Waals surface area (Å²) in [6.07, 6.45) is 0.0801. The van der Waals surface area contributed by atoms with Crippen molar-refractivity contribution in [2.45, 2.75) is 38.5 Å². The molecule has 2 aliphatic heterocycles. The lowest BCUT2D eigenvalue weighted by atomic mass is 9.92. The van der Waals surface area contributed by atoms with Gasteiger partial charge in [0.1, 0.15) is 6.10 Å². The quantitative estimate of drug-likeness (QED) is 0.897. The Morgan fingerprint density at radius 2 is 1.80 bits per heavy atom. The van der Waals surface area contributed by atoms with E-state index in [0.717, 1.165) is 19.6 Å². The molecule has 0 saturated carbocycles. The number of rotatable bonds is 4. The van der Waals surface area contributed by atoms with Gasteiger partial charge in [0.05, 0.1) is 12.0 Å². The molecule has 3 unspecified atom stereocenters. The summed E-state index contributed by atoms with van der Waals surface area (Å²) < 4.78 is 5.71. The monoisotopic (exact) mass is 346 g/mol. The van der Waals surface area contributed by atoms with Crippen molar-refractivity contribution in [1.29, 1.82) is 0 Å². The second kappa shape index (κ2) is 7.97. The predicted molar refractivity (Wildman–Crippen MR) is 93.0 cm³/mol. The van der Waals surface area contributed by atoms with Gasteiger partial charge in [-0.05, 0) is 25.3 Å². The van der Waals surface area contributed by atoms with E-state index in [4.69, 9.17) is 9.84 Å². The minimum absolute atomic E-state index is 0.00931. The van der Waals surface area contributed by atoms with E-state index in [1.807, 2.05) is 23.1 Å². The zero-order valence-corrected chi connectivity index (χ0v) is 14.6. The number of piperazine rings is 1. The van der Waals surface area contributed by atoms with Crippen molar-refractivity contribution in [3.63, 3.8) is 0 Å². The Labute approximate surface area is 148 Å². The number of hydrogen-bond acceptors (Lipinski definition) is 4. The molecule has 0 radical (unpaired) electrons. The summed E-state index contributed by atoms with van der Waals surface area (Å²) in [6.45, 7) is 5.74. The first-order valence-electron chi connectivity index (χ1n) is 8.98. The Morgan fingerprint density at radius 1 is 1.12 bits per heavy atom. The van der Waals surface area contributed by atoms with Crippen LogP contribution in [0.4, 0.5) is 0 Å². The van der Waals surface area contributed by atoms with Crippen LogP contribution < -0.4 is 0 Å². The fraction of sp³-hybridized carbons (Fsp3) is 0.579. The molecule has 3 atom stereocenters. The molecule has 25 heavy (non-hydrogen) atoms. The van der Waals surface area contributed by atoms with Crippen molar-refractivity contribution in [3.05, 3.63) is 35.9 Å². The molecule has 136 valence electrons. The van der Waals surface area contributed by atoms with Crippen molar-refractivity contribution < 1.29 is 19.4 Å². The average Bonchev–Trinajstić information content (AvgIpc) is 2.62. The smallest absolute Gasteiger partial charge is 0.309 e. The third kappa shape index (κ3) is 4.38. The highest BCUT2D eigenvalue weighted by molar-refractivity contribution is 5.81. The van der Waals surface area contributed by atoms with Crippen LogP contribution in [-0.2, 0) is 20.9 Å². The van der Waals surface area contributed by atoms with Gasteiger partial charge >= 0.3 is 5.97 Å². The first-order valence-corrected chi connectivity index (χ1v) is 8.98. The number of carbonyl (C=O) groups excluding carboxylic acids is 1. The number of hydrogen-bond donors (Lipinski definition) is 1. The molecule has 0 spiro atoms. The summed E-state index contributed by atoms with van der Waals surface area (Å²) in [5, 5.41) is 9.15. The highest BCUT2D eigenvalue weighted by Gasteiger charge is 2.38. The van der Waals surface area contributed by atoms with Crippen LogP contribution in [0.2, 0.25) is 0 Å². The van der Waals surface area contributed by atoms with E-state index in [9.17, 15) is 9.59 Å². The molecule has 6 heteroatoms. The maximum Gasteiger partial charge on any atom is 0.309 e. The van der Waals surface area contributed by atoms with E-state index in [-0.39, 0.29) is 5.91 Å². The third-order valence-corrected chi connectivity index (χ3v) is 5.21. The Hall–Kier alpha value is -1.92. The standard InChI is InChI=1S/C19H26N2O4/c1-14-16(19(23)24)7-8-17(25-14)18(22)21-11-9-20(10-12-21)13-15-5-3-2-4-6-15/h2-6,14,16-17H,7-13H2,1H3,(H,23,24). The number of amides is 1. The number of aliphatic carboxylic acids is 1. The largest absolute Gasteiger partial charge is 0.481 e. The highest BCUT2D eigenvalue weighted by atomic mass is 16.5. The molecule has 2 heterocycles. The second-order valence-electron chi connectivity index (χ2n) is 6.94. The van der Waals surface area contributed by atoms with Crippen LogP contribution in [0.15, 0.2) is 30.3 Å². The van der Waals surface area contributed by atoms with Crippen LogP contribution in [0.1, 0.15) is 25.3 Å². The maximum atomic E-state index is 12.7. The van der Waals surface area contributed by atoms with Crippen LogP contribution in [0.25, 0.3) is 0 Å². The summed E-state index contributed by atoms with van der Waals surface area (Å²) in [5.41, 5.74) is 1.28. The van der Waals surface area contributed by atoms with E-state index < -0.39 is 24.1 Å². The van der Waals surface area contributed by atoms with E-state index in [1.54, 1.807) is 6.92 Å². The Bertz CT molecular complexity index is 599. The minimum atomic E-state index is -0.840. The van der Waals surface area contributed by atoms with Crippen LogP contribution in [-0.4, -0.2) is 65.2 Å². The van der Waals surface area contributed by atoms with Crippen molar-refractivity contribution in [2.24, 2.45) is 5.92 Å². The van der Waals surface area contributed by atoms with Gasteiger partial charge in [-0.1, -0.05) is 30.3 Å². The number of carboxylic acid groups (broad SMARTS) is 1. The fourth-order valence-corrected chi connectivity index (χ4v) is 3.67. The van der Waals surface area contributed by atoms with Gasteiger partial charge in [-0.3, -0.25) is 14.5 Å². The molecular weight excluding hydrogens is 320 g/mol. The number of ether oxygens (including phenoxy) is 1. The van der Waals surface area contributed by atoms with Gasteiger partial charge in [0, 0.05) is 32.7 Å². The number of carbonyl (C=O) groups is 2. The van der Waals surface area contributed by atoms with Gasteiger partial charge in [0.25, 0.3) is 5.91 Å². The van der Waals surface area contributed by atoms with Gasteiger partial charge in [-0.2, -0.15) is 0 Å². The summed E-state index contributed by atoms with van der Waals surface area (Å²) in [5.74, 6) is -1.34. The Balaban J connectivity index is 1.48. The molecule has 3 rings (SSSR count). The molecular formula is C19H26N2O4. The van der Waals surface area contributed by atoms with E-state index in [1.165, 1.54) is 5.56 Å². The van der Waals surface area contributed by atoms with Crippen molar-refractivity contribution in [1.82, 2.24) is 9.80 Å². The van der Waals surface area contributed by atoms with Gasteiger partial charge in [-0.15, -0.1) is 0 Å². The Morgan fingerprint density at radius 3 is 2.40 bits per heavy atom. The zero-order valence-electron chi connectivity index (χ0n) is 14.6. The Kier molecular flexibility index (Phi) is 5.71. The van der Waals surface area contributed by atoms with Gasteiger partial charge in [0.15, 0.2) is 0 Å². The van der Waals surface area contributed by atoms with Gasteiger partial charge in [0.2, 0.25) is 0 Å². The predicted octanol–water partition coefficient (Wildman–Crippen LogP) is 1.60. The highest BCUT2D eigenvalue weighted by Crippen LogP contribution is 2.26. The molecule has 6 nitrogen and oxygen atoms in total.